The van der Waals surface area contributed by atoms with Crippen LogP contribution in [0.1, 0.15) is 12.7 Å². The molecular weight excluding hydrogens is 198 g/mol. The van der Waals surface area contributed by atoms with E-state index in [0.29, 0.717) is 13.1 Å². The molecule has 0 bridgehead atoms. The van der Waals surface area contributed by atoms with Crippen LogP contribution in [0.3, 0.4) is 0 Å². The molecular formula is C8H17N5S. The molecule has 0 aromatic carbocycles. The summed E-state index contributed by atoms with van der Waals surface area (Å²) in [5.41, 5.74) is 11.0. The molecule has 6 heteroatoms. The second kappa shape index (κ2) is 5.90. The Labute approximate surface area is 88.3 Å². The third kappa shape index (κ3) is 2.90. The minimum atomic E-state index is 0.612. The zero-order valence-corrected chi connectivity index (χ0v) is 9.26. The molecule has 0 unspecified atom stereocenters. The summed E-state index contributed by atoms with van der Waals surface area (Å²) >= 11 is 1.42. The van der Waals surface area contributed by atoms with Gasteiger partial charge in [-0.2, -0.15) is 4.37 Å². The zero-order chi connectivity index (χ0) is 10.4. The van der Waals surface area contributed by atoms with Crippen LogP contribution in [-0.4, -0.2) is 35.5 Å². The zero-order valence-electron chi connectivity index (χ0n) is 8.44. The highest BCUT2D eigenvalue weighted by atomic mass is 32.1. The fraction of sp³-hybridized carbons (Fsp3) is 0.750. The summed E-state index contributed by atoms with van der Waals surface area (Å²) in [6.45, 7) is 4.84. The Balaban J connectivity index is 2.65. The highest BCUT2D eigenvalue weighted by Gasteiger charge is 2.09. The highest BCUT2D eigenvalue weighted by Crippen LogP contribution is 2.16. The molecule has 1 aromatic heterocycles. The minimum Gasteiger partial charge on any atom is -0.344 e. The van der Waals surface area contributed by atoms with Gasteiger partial charge in [0, 0.05) is 44.1 Å². The molecule has 0 amide bonds. The lowest BCUT2D eigenvalue weighted by Gasteiger charge is -2.18. The van der Waals surface area contributed by atoms with Gasteiger partial charge in [0.25, 0.3) is 0 Å². The van der Waals surface area contributed by atoms with E-state index in [1.165, 1.54) is 11.5 Å². The van der Waals surface area contributed by atoms with Gasteiger partial charge in [-0.15, -0.1) is 0 Å². The van der Waals surface area contributed by atoms with Crippen LogP contribution in [0.2, 0.25) is 0 Å². The molecule has 0 atom stereocenters. The minimum absolute atomic E-state index is 0.612. The molecule has 0 saturated carbocycles. The molecule has 0 spiro atoms. The summed E-state index contributed by atoms with van der Waals surface area (Å²) in [5, 5.41) is 0.928. The van der Waals surface area contributed by atoms with Crippen LogP contribution in [0.5, 0.6) is 0 Å². The maximum absolute atomic E-state index is 5.51. The first-order valence-electron chi connectivity index (χ1n) is 4.79. The van der Waals surface area contributed by atoms with Gasteiger partial charge in [0.1, 0.15) is 5.82 Å². The van der Waals surface area contributed by atoms with Crippen molar-refractivity contribution >= 4 is 16.7 Å². The predicted octanol–water partition coefficient (Wildman–Crippen LogP) is -0.176. The highest BCUT2D eigenvalue weighted by molar-refractivity contribution is 7.09. The standard InChI is InChI=1S/C8H17N5S/c1-2-7-11-8(14-12-7)13(5-3-9)6-4-10/h2-6,9-10H2,1H3. The second-order valence-electron chi connectivity index (χ2n) is 2.91. The second-order valence-corrected chi connectivity index (χ2v) is 3.64. The monoisotopic (exact) mass is 215 g/mol. The number of nitrogens with zero attached hydrogens (tertiary/aromatic N) is 3. The first-order chi connectivity index (χ1) is 6.81. The van der Waals surface area contributed by atoms with Gasteiger partial charge in [-0.05, 0) is 0 Å². The van der Waals surface area contributed by atoms with Gasteiger partial charge < -0.3 is 16.4 Å². The maximum atomic E-state index is 5.51. The number of aromatic nitrogens is 2. The summed E-state index contributed by atoms with van der Waals surface area (Å²) in [6, 6.07) is 0. The van der Waals surface area contributed by atoms with Crippen LogP contribution in [0, 0.1) is 0 Å². The topological polar surface area (TPSA) is 81.1 Å². The van der Waals surface area contributed by atoms with Gasteiger partial charge >= 0.3 is 0 Å². The molecule has 1 rings (SSSR count). The third-order valence-corrected chi connectivity index (χ3v) is 2.66. The van der Waals surface area contributed by atoms with E-state index in [4.69, 9.17) is 11.5 Å². The summed E-state index contributed by atoms with van der Waals surface area (Å²) in [4.78, 5) is 6.47. The van der Waals surface area contributed by atoms with E-state index >= 15 is 0 Å². The van der Waals surface area contributed by atoms with Crippen LogP contribution >= 0.6 is 11.5 Å². The summed E-state index contributed by atoms with van der Waals surface area (Å²) in [6.07, 6.45) is 0.871. The van der Waals surface area contributed by atoms with Crippen molar-refractivity contribution in [2.45, 2.75) is 13.3 Å². The maximum Gasteiger partial charge on any atom is 0.205 e. The summed E-state index contributed by atoms with van der Waals surface area (Å²) in [7, 11) is 0. The quantitative estimate of drug-likeness (QED) is 0.688. The van der Waals surface area contributed by atoms with Crippen molar-refractivity contribution in [1.29, 1.82) is 0 Å². The van der Waals surface area contributed by atoms with Crippen LogP contribution in [0.25, 0.3) is 0 Å². The molecule has 0 aliphatic carbocycles. The number of hydrogen-bond acceptors (Lipinski definition) is 6. The number of anilines is 1. The van der Waals surface area contributed by atoms with Crippen molar-refractivity contribution in [3.8, 4) is 0 Å². The molecule has 4 N–H and O–H groups in total. The van der Waals surface area contributed by atoms with Gasteiger partial charge in [-0.3, -0.25) is 0 Å². The van der Waals surface area contributed by atoms with E-state index in [1.807, 2.05) is 6.92 Å². The molecule has 80 valence electrons. The molecule has 0 radical (unpaired) electrons. The molecule has 1 aromatic rings. The average molecular weight is 215 g/mol. The van der Waals surface area contributed by atoms with Crippen LogP contribution in [0.4, 0.5) is 5.13 Å². The smallest absolute Gasteiger partial charge is 0.205 e. The van der Waals surface area contributed by atoms with E-state index in [2.05, 4.69) is 14.3 Å². The largest absolute Gasteiger partial charge is 0.344 e. The van der Waals surface area contributed by atoms with Crippen molar-refractivity contribution in [3.63, 3.8) is 0 Å². The van der Waals surface area contributed by atoms with Gasteiger partial charge in [0.2, 0.25) is 5.13 Å². The summed E-state index contributed by atoms with van der Waals surface area (Å²) < 4.78 is 4.23. The van der Waals surface area contributed by atoms with Crippen molar-refractivity contribution < 1.29 is 0 Å². The molecule has 5 nitrogen and oxygen atoms in total. The van der Waals surface area contributed by atoms with Gasteiger partial charge in [-0.25, -0.2) is 4.98 Å². The Bertz CT molecular complexity index is 256. The van der Waals surface area contributed by atoms with E-state index in [-0.39, 0.29) is 0 Å². The van der Waals surface area contributed by atoms with Crippen LogP contribution in [-0.2, 0) is 6.42 Å². The number of aryl methyl sites for hydroxylation is 1. The molecule has 0 aliphatic rings. The first-order valence-corrected chi connectivity index (χ1v) is 5.56. The molecule has 14 heavy (non-hydrogen) atoms. The van der Waals surface area contributed by atoms with Crippen LogP contribution < -0.4 is 16.4 Å². The fourth-order valence-electron chi connectivity index (χ4n) is 1.13. The van der Waals surface area contributed by atoms with Crippen molar-refractivity contribution in [2.75, 3.05) is 31.1 Å². The Kier molecular flexibility index (Phi) is 4.78. The number of rotatable bonds is 6. The Morgan fingerprint density at radius 2 is 1.93 bits per heavy atom. The van der Waals surface area contributed by atoms with Crippen molar-refractivity contribution in [3.05, 3.63) is 5.82 Å². The molecule has 0 fully saturated rings. The van der Waals surface area contributed by atoms with E-state index in [0.717, 1.165) is 30.5 Å². The lowest BCUT2D eigenvalue weighted by Crippen LogP contribution is -2.33. The Morgan fingerprint density at radius 3 is 2.36 bits per heavy atom. The predicted molar refractivity (Wildman–Crippen MR) is 59.6 cm³/mol. The SMILES string of the molecule is CCc1nsc(N(CCN)CCN)n1. The first kappa shape index (κ1) is 11.4. The van der Waals surface area contributed by atoms with Crippen LogP contribution in [0.15, 0.2) is 0 Å². The fourth-order valence-corrected chi connectivity index (χ4v) is 1.93. The molecule has 0 saturated heterocycles. The molecule has 1 heterocycles. The summed E-state index contributed by atoms with van der Waals surface area (Å²) in [5.74, 6) is 0.893. The van der Waals surface area contributed by atoms with Gasteiger partial charge in [0.15, 0.2) is 0 Å². The Hall–Kier alpha value is -0.720. The van der Waals surface area contributed by atoms with Crippen molar-refractivity contribution in [1.82, 2.24) is 9.36 Å². The van der Waals surface area contributed by atoms with E-state index < -0.39 is 0 Å². The van der Waals surface area contributed by atoms with Crippen molar-refractivity contribution in [2.24, 2.45) is 11.5 Å². The van der Waals surface area contributed by atoms with Gasteiger partial charge in [-0.1, -0.05) is 6.92 Å². The number of hydrogen-bond donors (Lipinski definition) is 2. The average Bonchev–Trinajstić information content (AvgIpc) is 2.65. The lowest BCUT2D eigenvalue weighted by atomic mass is 10.5. The number of nitrogens with two attached hydrogens (primary N) is 2. The van der Waals surface area contributed by atoms with E-state index in [9.17, 15) is 0 Å². The van der Waals surface area contributed by atoms with E-state index in [1.54, 1.807) is 0 Å². The van der Waals surface area contributed by atoms with Gasteiger partial charge in [0.05, 0.1) is 0 Å². The normalized spacial score (nSPS) is 10.5. The lowest BCUT2D eigenvalue weighted by molar-refractivity contribution is 0.775. The molecule has 0 aliphatic heterocycles. The Morgan fingerprint density at radius 1 is 1.29 bits per heavy atom. The third-order valence-electron chi connectivity index (χ3n) is 1.84.